The average molecular weight is 1220 g/mol. The summed E-state index contributed by atoms with van der Waals surface area (Å²) in [6.45, 7) is 9.81. The van der Waals surface area contributed by atoms with E-state index < -0.39 is 136 Å². The Hall–Kier alpha value is -6.11. The van der Waals surface area contributed by atoms with E-state index in [9.17, 15) is 29.7 Å². The van der Waals surface area contributed by atoms with Crippen molar-refractivity contribution in [2.24, 2.45) is 11.8 Å². The second kappa shape index (κ2) is 27.7. The van der Waals surface area contributed by atoms with Gasteiger partial charge in [-0.3, -0.25) is 4.79 Å². The third-order valence-corrected chi connectivity index (χ3v) is 23.0. The van der Waals surface area contributed by atoms with Gasteiger partial charge in [-0.15, -0.1) is 0 Å². The number of aliphatic hydroxyl groups excluding tert-OH is 3. The third kappa shape index (κ3) is 13.9. The zero-order valence-electron chi connectivity index (χ0n) is 49.8. The number of ether oxygens (including phenoxy) is 10. The molecule has 0 aromatic heterocycles. The molecule has 1 aliphatic carbocycles. The normalized spacial score (nSPS) is 33.3. The molecule has 19 nitrogen and oxygen atoms in total. The van der Waals surface area contributed by atoms with Gasteiger partial charge >= 0.3 is 18.2 Å². The van der Waals surface area contributed by atoms with Crippen molar-refractivity contribution in [3.63, 3.8) is 0 Å². The number of hydrogen-bond acceptors (Lipinski definition) is 17. The molecule has 1 saturated carbocycles. The van der Waals surface area contributed by atoms with Gasteiger partial charge in [0.1, 0.15) is 62.0 Å². The summed E-state index contributed by atoms with van der Waals surface area (Å²) in [6.07, 6.45) is -14.7. The molecule has 19 atom stereocenters. The summed E-state index contributed by atoms with van der Waals surface area (Å²) < 4.78 is 74.8. The minimum absolute atomic E-state index is 0.0177. The van der Waals surface area contributed by atoms with Crippen LogP contribution in [0, 0.1) is 11.8 Å². The van der Waals surface area contributed by atoms with Crippen LogP contribution in [0.15, 0.2) is 152 Å². The van der Waals surface area contributed by atoms with Crippen molar-refractivity contribution in [1.29, 1.82) is 0 Å². The number of alkyl carbamates (subject to hydrolysis) is 2. The van der Waals surface area contributed by atoms with E-state index in [0.717, 1.165) is 27.1 Å². The molecule has 6 fully saturated rings. The zero-order valence-corrected chi connectivity index (χ0v) is 50.8. The largest absolute Gasteiger partial charge is 0.459 e. The smallest absolute Gasteiger partial charge is 0.407 e. The molecular formula is C67H82N2O17Si. The number of hydrogen-bond donors (Lipinski definition) is 5. The lowest BCUT2D eigenvalue weighted by Crippen LogP contribution is -2.70. The summed E-state index contributed by atoms with van der Waals surface area (Å²) in [6, 6.07) is 46.3. The number of carbonyl (C=O) groups is 3. The van der Waals surface area contributed by atoms with E-state index in [4.69, 9.17) is 51.8 Å². The first-order valence-corrected chi connectivity index (χ1v) is 32.5. The number of benzene rings is 5. The lowest BCUT2D eigenvalue weighted by Gasteiger charge is -2.50. The maximum absolute atomic E-state index is 14.1. The van der Waals surface area contributed by atoms with Gasteiger partial charge in [0, 0.05) is 12.3 Å². The maximum Gasteiger partial charge on any atom is 0.407 e. The Morgan fingerprint density at radius 3 is 1.76 bits per heavy atom. The number of amides is 2. The van der Waals surface area contributed by atoms with Gasteiger partial charge in [-0.25, -0.2) is 9.59 Å². The summed E-state index contributed by atoms with van der Waals surface area (Å²) >= 11 is 0. The van der Waals surface area contributed by atoms with E-state index in [1.165, 1.54) is 0 Å². The van der Waals surface area contributed by atoms with Crippen LogP contribution in [0.4, 0.5) is 9.59 Å². The third-order valence-electron chi connectivity index (χ3n) is 18.0. The van der Waals surface area contributed by atoms with Crippen LogP contribution in [0.2, 0.25) is 5.04 Å². The van der Waals surface area contributed by atoms with Crippen molar-refractivity contribution in [3.05, 3.63) is 168 Å². The van der Waals surface area contributed by atoms with Crippen LogP contribution < -0.4 is 21.0 Å². The maximum atomic E-state index is 14.1. The predicted octanol–water partition coefficient (Wildman–Crippen LogP) is 7.26. The van der Waals surface area contributed by atoms with E-state index in [1.54, 1.807) is 0 Å². The molecule has 87 heavy (non-hydrogen) atoms. The van der Waals surface area contributed by atoms with Gasteiger partial charge < -0.3 is 77.7 Å². The summed E-state index contributed by atoms with van der Waals surface area (Å²) in [5.41, 5.74) is 2.48. The fourth-order valence-corrected chi connectivity index (χ4v) is 18.3. The van der Waals surface area contributed by atoms with Gasteiger partial charge in [0.25, 0.3) is 8.32 Å². The van der Waals surface area contributed by atoms with E-state index in [0.29, 0.717) is 25.7 Å². The minimum atomic E-state index is -3.59. The molecular weight excluding hydrogens is 1130 g/mol. The zero-order chi connectivity index (χ0) is 60.8. The summed E-state index contributed by atoms with van der Waals surface area (Å²) in [5.74, 6) is -1.02. The van der Waals surface area contributed by atoms with Gasteiger partial charge in [-0.05, 0) is 63.7 Å². The monoisotopic (exact) mass is 1210 g/mol. The predicted molar refractivity (Wildman–Crippen MR) is 319 cm³/mol. The van der Waals surface area contributed by atoms with E-state index >= 15 is 0 Å². The first kappa shape index (κ1) is 62.5. The molecule has 0 spiro atoms. The van der Waals surface area contributed by atoms with Crippen molar-refractivity contribution in [2.45, 2.75) is 196 Å². The second-order valence-electron chi connectivity index (χ2n) is 24.8. The fraction of sp³-hybridized carbons (Fsp3) is 0.507. The molecule has 5 aromatic carbocycles. The highest BCUT2D eigenvalue weighted by Gasteiger charge is 2.61. The quantitative estimate of drug-likeness (QED) is 0.0311. The van der Waals surface area contributed by atoms with Gasteiger partial charge in [0.15, 0.2) is 18.9 Å². The molecule has 466 valence electrons. The van der Waals surface area contributed by atoms with Crippen LogP contribution in [0.25, 0.3) is 0 Å². The molecule has 11 rings (SSSR count). The van der Waals surface area contributed by atoms with Crippen molar-refractivity contribution >= 4 is 36.8 Å². The first-order valence-electron chi connectivity index (χ1n) is 30.6. The van der Waals surface area contributed by atoms with Crippen molar-refractivity contribution < 1.29 is 81.5 Å². The molecule has 0 radical (unpaired) electrons. The number of carbonyl (C=O) groups excluding carboxylic acids is 3. The minimum Gasteiger partial charge on any atom is -0.459 e. The van der Waals surface area contributed by atoms with Crippen LogP contribution in [0.5, 0.6) is 0 Å². The second-order valence-corrected chi connectivity index (χ2v) is 29.1. The number of rotatable bonds is 19. The van der Waals surface area contributed by atoms with E-state index in [1.807, 2.05) is 141 Å². The molecule has 5 N–H and O–H groups in total. The van der Waals surface area contributed by atoms with E-state index in [2.05, 4.69) is 55.7 Å². The van der Waals surface area contributed by atoms with Gasteiger partial charge in [0.05, 0.1) is 49.6 Å². The fourth-order valence-electron chi connectivity index (χ4n) is 13.6. The van der Waals surface area contributed by atoms with Crippen molar-refractivity contribution in [1.82, 2.24) is 10.6 Å². The number of esters is 1. The van der Waals surface area contributed by atoms with Gasteiger partial charge in [-0.2, -0.15) is 0 Å². The molecule has 0 bridgehead atoms. The summed E-state index contributed by atoms with van der Waals surface area (Å²) in [4.78, 5) is 41.1. The molecule has 2 amide bonds. The molecule has 1 unspecified atom stereocenters. The standard InChI is InChI=1S/C67H82N2O17Si/c1-6-49-59(84-63-54(69-66(75)77-39-42-24-14-8-15-25-42)55(73)58-51(80-63)33-32-50(78-58)43-26-16-9-17-27-43)61(86-87(67(3,4)5,45-28-18-10-19-29-45)46-30-20-11-21-31-46)64(79-49)85-60-56(40(2)34-44-35-53(72)82-57(44)60)83-62-47(36-48(71)52(37-70)81-62)68-65(74)76-38-41-22-12-7-13-23-41/h7-31,40,44,47-52,54-64,70-71,73H,6,32-39H2,1-5H3,(H,68,74)(H,69,75)/t40-,44-,47+,48-,49+,50?,51-,52+,54+,55+,56+,57-,58+,59+,60-,61+,62+,63+,64-/m0/s1. The number of aliphatic hydroxyl groups is 3. The SMILES string of the molecule is CC[C@H]1O[C@@H](O[C@@H]2[C@H]3OC(=O)C[C@@H]3C[C@H](C)[C@H]2O[C@H]2O[C@H](CO)[C@@H](O)C[C@H]2NC(=O)OCc2ccccc2)[C@H](O[Si](c2ccccc2)(c2ccccc2)C(C)(C)C)[C@@H]1O[C@H]1O[C@H]2CCC(c3ccccc3)O[C@H]2[C@H](O)[C@H]1NC(=O)OCc1ccccc1. The van der Waals surface area contributed by atoms with Gasteiger partial charge in [0.2, 0.25) is 0 Å². The highest BCUT2D eigenvalue weighted by molar-refractivity contribution is 6.99. The van der Waals surface area contributed by atoms with E-state index in [-0.39, 0.29) is 44.0 Å². The Kier molecular flexibility index (Phi) is 19.9. The first-order chi connectivity index (χ1) is 42.1. The molecule has 6 aliphatic rings. The van der Waals surface area contributed by atoms with Crippen LogP contribution in [0.3, 0.4) is 0 Å². The lowest BCUT2D eigenvalue weighted by molar-refractivity contribution is -0.310. The topological polar surface area (TPSA) is 237 Å². The molecule has 5 heterocycles. The lowest BCUT2D eigenvalue weighted by atomic mass is 9.76. The van der Waals surface area contributed by atoms with Gasteiger partial charge in [-0.1, -0.05) is 186 Å². The van der Waals surface area contributed by atoms with Crippen LogP contribution in [0.1, 0.15) is 95.9 Å². The summed E-state index contributed by atoms with van der Waals surface area (Å²) in [7, 11) is -3.59. The Bertz CT molecular complexity index is 2980. The average Bonchev–Trinajstić information content (AvgIpc) is 2.00. The Labute approximate surface area is 509 Å². The molecule has 5 saturated heterocycles. The molecule has 5 aliphatic heterocycles. The molecule has 20 heteroatoms. The number of nitrogens with one attached hydrogen (secondary N) is 2. The van der Waals surface area contributed by atoms with Crippen molar-refractivity contribution in [3.8, 4) is 0 Å². The Morgan fingerprint density at radius 1 is 0.621 bits per heavy atom. The number of fused-ring (bicyclic) bond motifs is 2. The van der Waals surface area contributed by atoms with Crippen LogP contribution in [-0.4, -0.2) is 146 Å². The highest BCUT2D eigenvalue weighted by atomic mass is 28.4. The van der Waals surface area contributed by atoms with Crippen LogP contribution in [-0.2, 0) is 69.8 Å². The Morgan fingerprint density at radius 2 is 1.17 bits per heavy atom. The van der Waals surface area contributed by atoms with Crippen molar-refractivity contribution in [2.75, 3.05) is 6.61 Å². The van der Waals surface area contributed by atoms with Crippen LogP contribution >= 0.6 is 0 Å². The Balaban J connectivity index is 0.962. The molecule has 5 aromatic rings. The highest BCUT2D eigenvalue weighted by Crippen LogP contribution is 2.47. The summed E-state index contributed by atoms with van der Waals surface area (Å²) in [5, 5.41) is 41.4.